The maximum absolute atomic E-state index is 11.9. The normalized spacial score (nSPS) is 12.6. The number of hydrogen-bond acceptors (Lipinski definition) is 4. The number of hydrogen-bond donors (Lipinski definition) is 1. The SMILES string of the molecule is CN(CC(C)(C)O)C(=O)C=CS(=O)(=O)c1ccccc1. The second-order valence-electron chi connectivity index (χ2n) is 5.17. The second kappa shape index (κ2) is 6.19. The summed E-state index contributed by atoms with van der Waals surface area (Å²) in [5.74, 6) is -0.480. The zero-order chi connectivity index (χ0) is 15.4. The minimum Gasteiger partial charge on any atom is -0.389 e. The van der Waals surface area contributed by atoms with Crippen molar-refractivity contribution >= 4 is 15.7 Å². The molecule has 5 nitrogen and oxygen atoms in total. The molecule has 0 unspecified atom stereocenters. The van der Waals surface area contributed by atoms with Crippen LogP contribution in [0.1, 0.15) is 13.8 Å². The third kappa shape index (κ3) is 5.14. The van der Waals surface area contributed by atoms with Crippen molar-refractivity contribution in [1.82, 2.24) is 4.90 Å². The van der Waals surface area contributed by atoms with Gasteiger partial charge in [0.1, 0.15) is 0 Å². The number of amides is 1. The van der Waals surface area contributed by atoms with Crippen LogP contribution in [0.25, 0.3) is 0 Å². The quantitative estimate of drug-likeness (QED) is 0.829. The largest absolute Gasteiger partial charge is 0.389 e. The van der Waals surface area contributed by atoms with E-state index >= 15 is 0 Å². The molecule has 0 aromatic heterocycles. The van der Waals surface area contributed by atoms with Gasteiger partial charge in [0.05, 0.1) is 10.5 Å². The van der Waals surface area contributed by atoms with Crippen molar-refractivity contribution in [3.8, 4) is 0 Å². The highest BCUT2D eigenvalue weighted by Crippen LogP contribution is 2.11. The first-order valence-electron chi connectivity index (χ1n) is 6.07. The fourth-order valence-electron chi connectivity index (χ4n) is 1.62. The number of sulfone groups is 1. The number of likely N-dealkylation sites (N-methyl/N-ethyl adjacent to an activating group) is 1. The Morgan fingerprint density at radius 2 is 1.85 bits per heavy atom. The number of benzene rings is 1. The lowest BCUT2D eigenvalue weighted by atomic mass is 10.1. The van der Waals surface area contributed by atoms with E-state index in [1.807, 2.05) is 0 Å². The lowest BCUT2D eigenvalue weighted by Gasteiger charge is -2.24. The molecule has 6 heteroatoms. The first-order valence-corrected chi connectivity index (χ1v) is 7.62. The lowest BCUT2D eigenvalue weighted by molar-refractivity contribution is -0.127. The van der Waals surface area contributed by atoms with Gasteiger partial charge in [-0.05, 0) is 26.0 Å². The molecule has 0 saturated heterocycles. The van der Waals surface area contributed by atoms with E-state index in [1.165, 1.54) is 24.1 Å². The molecule has 20 heavy (non-hydrogen) atoms. The number of rotatable bonds is 5. The van der Waals surface area contributed by atoms with Crippen molar-refractivity contribution < 1.29 is 18.3 Å². The summed E-state index contributed by atoms with van der Waals surface area (Å²) in [5, 5.41) is 10.5. The Morgan fingerprint density at radius 1 is 1.30 bits per heavy atom. The van der Waals surface area contributed by atoms with Gasteiger partial charge < -0.3 is 10.0 Å². The van der Waals surface area contributed by atoms with E-state index < -0.39 is 21.3 Å². The Labute approximate surface area is 119 Å². The van der Waals surface area contributed by atoms with Crippen molar-refractivity contribution in [3.63, 3.8) is 0 Å². The third-order valence-corrected chi connectivity index (χ3v) is 3.89. The zero-order valence-electron chi connectivity index (χ0n) is 11.8. The van der Waals surface area contributed by atoms with Gasteiger partial charge in [0.2, 0.25) is 5.91 Å². The summed E-state index contributed by atoms with van der Waals surface area (Å²) in [4.78, 5) is 13.2. The molecule has 1 amide bonds. The van der Waals surface area contributed by atoms with E-state index in [0.717, 1.165) is 11.5 Å². The highest BCUT2D eigenvalue weighted by Gasteiger charge is 2.18. The summed E-state index contributed by atoms with van der Waals surface area (Å²) in [5.41, 5.74) is -1.03. The molecule has 0 aliphatic rings. The highest BCUT2D eigenvalue weighted by atomic mass is 32.2. The van der Waals surface area contributed by atoms with Crippen molar-refractivity contribution in [2.45, 2.75) is 24.3 Å². The third-order valence-electron chi connectivity index (χ3n) is 2.46. The Morgan fingerprint density at radius 3 is 2.35 bits per heavy atom. The van der Waals surface area contributed by atoms with Crippen LogP contribution in [-0.4, -0.2) is 43.5 Å². The van der Waals surface area contributed by atoms with Gasteiger partial charge in [-0.15, -0.1) is 0 Å². The topological polar surface area (TPSA) is 74.7 Å². The van der Waals surface area contributed by atoms with Gasteiger partial charge in [-0.3, -0.25) is 4.79 Å². The summed E-state index contributed by atoms with van der Waals surface area (Å²) in [7, 11) is -2.12. The van der Waals surface area contributed by atoms with Crippen molar-refractivity contribution in [3.05, 3.63) is 41.8 Å². The minimum absolute atomic E-state index is 0.113. The fraction of sp³-hybridized carbons (Fsp3) is 0.357. The van der Waals surface area contributed by atoms with Gasteiger partial charge in [-0.25, -0.2) is 8.42 Å². The van der Waals surface area contributed by atoms with Crippen LogP contribution in [0.15, 0.2) is 46.7 Å². The van der Waals surface area contributed by atoms with Crippen LogP contribution in [0, 0.1) is 0 Å². The molecule has 0 bridgehead atoms. The molecule has 1 aromatic carbocycles. The van der Waals surface area contributed by atoms with Crippen LogP contribution in [0.4, 0.5) is 0 Å². The Kier molecular flexibility index (Phi) is 5.08. The van der Waals surface area contributed by atoms with Gasteiger partial charge in [0.15, 0.2) is 9.84 Å². The molecule has 0 spiro atoms. The molecular formula is C14H19NO4S. The Balaban J connectivity index is 2.80. The minimum atomic E-state index is -3.62. The molecule has 0 aliphatic carbocycles. The summed E-state index contributed by atoms with van der Waals surface area (Å²) in [6, 6.07) is 7.87. The van der Waals surface area contributed by atoms with Gasteiger partial charge in [-0.2, -0.15) is 0 Å². The highest BCUT2D eigenvalue weighted by molar-refractivity contribution is 7.94. The predicted octanol–water partition coefficient (Wildman–Crippen LogP) is 1.20. The van der Waals surface area contributed by atoms with Crippen LogP contribution in [0.2, 0.25) is 0 Å². The Hall–Kier alpha value is -1.66. The maximum atomic E-state index is 11.9. The number of carbonyl (C=O) groups is 1. The summed E-state index contributed by atoms with van der Waals surface area (Å²) >= 11 is 0. The molecule has 0 saturated carbocycles. The number of aliphatic hydroxyl groups is 1. The lowest BCUT2D eigenvalue weighted by Crippen LogP contribution is -2.39. The molecule has 1 rings (SSSR count). The first-order chi connectivity index (χ1) is 9.12. The monoisotopic (exact) mass is 297 g/mol. The van der Waals surface area contributed by atoms with Crippen molar-refractivity contribution in [2.24, 2.45) is 0 Å². The van der Waals surface area contributed by atoms with Crippen molar-refractivity contribution in [2.75, 3.05) is 13.6 Å². The van der Waals surface area contributed by atoms with Crippen LogP contribution in [-0.2, 0) is 14.6 Å². The molecule has 0 atom stereocenters. The van der Waals surface area contributed by atoms with Crippen molar-refractivity contribution in [1.29, 1.82) is 0 Å². The summed E-state index contributed by atoms with van der Waals surface area (Å²) < 4.78 is 23.9. The standard InChI is InChI=1S/C14H19NO4S/c1-14(2,17)11-15(3)13(16)9-10-20(18,19)12-7-5-4-6-8-12/h4-10,17H,11H2,1-3H3. The van der Waals surface area contributed by atoms with E-state index in [0.29, 0.717) is 0 Å². The van der Waals surface area contributed by atoms with Crippen LogP contribution >= 0.6 is 0 Å². The number of carbonyl (C=O) groups excluding carboxylic acids is 1. The van der Waals surface area contributed by atoms with Gasteiger partial charge in [0, 0.05) is 25.1 Å². The summed E-state index contributed by atoms with van der Waals surface area (Å²) in [6.07, 6.45) is 0.994. The molecule has 1 aromatic rings. The average Bonchev–Trinajstić information content (AvgIpc) is 2.35. The predicted molar refractivity (Wildman–Crippen MR) is 76.7 cm³/mol. The molecule has 0 fully saturated rings. The van der Waals surface area contributed by atoms with Gasteiger partial charge in [-0.1, -0.05) is 18.2 Å². The average molecular weight is 297 g/mol. The second-order valence-corrected chi connectivity index (χ2v) is 7.00. The van der Waals surface area contributed by atoms with E-state index in [2.05, 4.69) is 0 Å². The smallest absolute Gasteiger partial charge is 0.247 e. The van der Waals surface area contributed by atoms with Crippen LogP contribution in [0.3, 0.4) is 0 Å². The fourth-order valence-corrected chi connectivity index (χ4v) is 2.61. The maximum Gasteiger partial charge on any atom is 0.247 e. The van der Waals surface area contributed by atoms with Gasteiger partial charge >= 0.3 is 0 Å². The zero-order valence-corrected chi connectivity index (χ0v) is 12.6. The molecule has 1 N–H and O–H groups in total. The molecular weight excluding hydrogens is 278 g/mol. The van der Waals surface area contributed by atoms with E-state index in [9.17, 15) is 18.3 Å². The van der Waals surface area contributed by atoms with E-state index in [1.54, 1.807) is 32.0 Å². The van der Waals surface area contributed by atoms with Gasteiger partial charge in [0.25, 0.3) is 0 Å². The molecule has 0 heterocycles. The van der Waals surface area contributed by atoms with E-state index in [4.69, 9.17) is 0 Å². The summed E-state index contributed by atoms with van der Waals surface area (Å²) in [6.45, 7) is 3.25. The van der Waals surface area contributed by atoms with Crippen LogP contribution in [0.5, 0.6) is 0 Å². The Bertz CT molecular complexity index is 585. The number of nitrogens with zero attached hydrogens (tertiary/aromatic N) is 1. The molecule has 110 valence electrons. The van der Waals surface area contributed by atoms with E-state index in [-0.39, 0.29) is 11.4 Å². The molecule has 0 radical (unpaired) electrons. The first kappa shape index (κ1) is 16.4. The molecule has 0 aliphatic heterocycles. The van der Waals surface area contributed by atoms with Crippen LogP contribution < -0.4 is 0 Å².